The molecule has 0 spiro atoms. The molecule has 146 valence electrons. The molecule has 0 fully saturated rings. The third-order valence-corrected chi connectivity index (χ3v) is 4.02. The first-order valence-corrected chi connectivity index (χ1v) is 7.93. The van der Waals surface area contributed by atoms with Crippen LogP contribution in [0.5, 0.6) is 0 Å². The fraction of sp³-hybridized carbons (Fsp3) is 0.222. The highest BCUT2D eigenvalue weighted by molar-refractivity contribution is 6.02. The number of benzene rings is 1. The average Bonchev–Trinajstić information content (AvgIpc) is 2.69. The molecule has 0 radical (unpaired) electrons. The molecule has 0 aliphatic carbocycles. The van der Waals surface area contributed by atoms with Gasteiger partial charge in [0.15, 0.2) is 0 Å². The number of aliphatic imine (C=N–C) groups is 1. The second kappa shape index (κ2) is 8.73. The van der Waals surface area contributed by atoms with Crippen molar-refractivity contribution in [3.63, 3.8) is 0 Å². The first-order chi connectivity index (χ1) is 13.0. The summed E-state index contributed by atoms with van der Waals surface area (Å²) < 4.78 is 33.4. The number of amides is 1. The van der Waals surface area contributed by atoms with Gasteiger partial charge in [-0.05, 0) is 30.3 Å². The number of hydrogen-bond acceptors (Lipinski definition) is 6. The highest BCUT2D eigenvalue weighted by Crippen LogP contribution is 2.33. The fourth-order valence-corrected chi connectivity index (χ4v) is 2.69. The van der Waals surface area contributed by atoms with E-state index in [1.807, 2.05) is 6.07 Å². The van der Waals surface area contributed by atoms with Gasteiger partial charge in [0.1, 0.15) is 42.2 Å². The van der Waals surface area contributed by atoms with Gasteiger partial charge in [-0.25, -0.2) is 13.8 Å². The van der Waals surface area contributed by atoms with Gasteiger partial charge in [-0.3, -0.25) is 9.79 Å². The van der Waals surface area contributed by atoms with Crippen LogP contribution < -0.4 is 11.1 Å². The van der Waals surface area contributed by atoms with Gasteiger partial charge in [0.05, 0.1) is 12.2 Å². The van der Waals surface area contributed by atoms with Gasteiger partial charge in [-0.15, -0.1) is 12.4 Å². The number of alkyl halides is 1. The summed E-state index contributed by atoms with van der Waals surface area (Å²) >= 11 is 0. The van der Waals surface area contributed by atoms with Crippen LogP contribution in [0, 0.1) is 17.1 Å². The molecule has 28 heavy (non-hydrogen) atoms. The van der Waals surface area contributed by atoms with Crippen LogP contribution >= 0.6 is 12.4 Å². The van der Waals surface area contributed by atoms with E-state index < -0.39 is 23.9 Å². The highest BCUT2D eigenvalue weighted by Gasteiger charge is 2.38. The van der Waals surface area contributed by atoms with Crippen molar-refractivity contribution in [3.05, 3.63) is 59.2 Å². The minimum Gasteiger partial charge on any atom is -0.385 e. The molecule has 0 bridgehead atoms. The van der Waals surface area contributed by atoms with Crippen molar-refractivity contribution >= 4 is 29.8 Å². The van der Waals surface area contributed by atoms with Gasteiger partial charge in [0.25, 0.3) is 5.91 Å². The first kappa shape index (κ1) is 21.2. The molecule has 7 nitrogen and oxygen atoms in total. The second-order valence-electron chi connectivity index (χ2n) is 5.95. The van der Waals surface area contributed by atoms with Crippen LogP contribution in [0.1, 0.15) is 21.6 Å². The van der Waals surface area contributed by atoms with Crippen molar-refractivity contribution in [1.29, 1.82) is 5.26 Å². The Kier molecular flexibility index (Phi) is 6.62. The zero-order chi connectivity index (χ0) is 19.4. The third-order valence-electron chi connectivity index (χ3n) is 4.02. The van der Waals surface area contributed by atoms with E-state index in [1.165, 1.54) is 30.5 Å². The fourth-order valence-electron chi connectivity index (χ4n) is 2.69. The molecule has 0 saturated carbocycles. The van der Waals surface area contributed by atoms with Crippen molar-refractivity contribution in [2.75, 3.05) is 25.2 Å². The molecule has 10 heteroatoms. The Balaban J connectivity index is 0.00000280. The number of ether oxygens (including phenoxy) is 1. The molecule has 0 saturated heterocycles. The number of anilines is 1. The molecule has 1 amide bonds. The van der Waals surface area contributed by atoms with E-state index in [-0.39, 0.29) is 48.4 Å². The molecule has 1 atom stereocenters. The third kappa shape index (κ3) is 4.24. The number of aromatic nitrogens is 1. The standard InChI is InChI=1S/C18H15F2N5O2.ClH/c19-9-18(10-27-8-16(22)25-18)13-5-12(2-3-14(13)20)24-17(26)15-4-1-11(6-21)7-23-15;/h1-5,7H,8-10H2,(H2,22,25)(H,24,26);1H. The Morgan fingerprint density at radius 2 is 2.18 bits per heavy atom. The molecular weight excluding hydrogens is 392 g/mol. The van der Waals surface area contributed by atoms with E-state index in [4.69, 9.17) is 15.7 Å². The van der Waals surface area contributed by atoms with Gasteiger partial charge in [-0.1, -0.05) is 0 Å². The summed E-state index contributed by atoms with van der Waals surface area (Å²) in [5.74, 6) is -1.19. The maximum Gasteiger partial charge on any atom is 0.274 e. The van der Waals surface area contributed by atoms with Crippen LogP contribution in [-0.4, -0.2) is 36.6 Å². The Labute approximate surface area is 165 Å². The van der Waals surface area contributed by atoms with Crippen LogP contribution in [0.2, 0.25) is 0 Å². The SMILES string of the molecule is Cl.N#Cc1ccc(C(=O)Nc2ccc(F)c(C3(CF)COCC(N)=N3)c2)nc1. The maximum absolute atomic E-state index is 14.4. The number of carbonyl (C=O) groups excluding carboxylic acids is 1. The van der Waals surface area contributed by atoms with Gasteiger partial charge in [-0.2, -0.15) is 5.26 Å². The number of carbonyl (C=O) groups is 1. The van der Waals surface area contributed by atoms with Crippen LogP contribution in [0.4, 0.5) is 14.5 Å². The molecule has 1 aliphatic rings. The molecule has 1 aromatic carbocycles. The van der Waals surface area contributed by atoms with Crippen molar-refractivity contribution in [1.82, 2.24) is 4.98 Å². The number of rotatable bonds is 4. The van der Waals surface area contributed by atoms with Crippen LogP contribution in [0.3, 0.4) is 0 Å². The Hall–Kier alpha value is -3.09. The number of pyridine rings is 1. The van der Waals surface area contributed by atoms with Gasteiger partial charge >= 0.3 is 0 Å². The number of nitrogens with one attached hydrogen (secondary N) is 1. The van der Waals surface area contributed by atoms with E-state index >= 15 is 0 Å². The molecule has 3 N–H and O–H groups in total. The van der Waals surface area contributed by atoms with E-state index in [2.05, 4.69) is 15.3 Å². The minimum absolute atomic E-state index is 0. The topological polar surface area (TPSA) is 113 Å². The summed E-state index contributed by atoms with van der Waals surface area (Å²) in [4.78, 5) is 20.2. The van der Waals surface area contributed by atoms with Crippen LogP contribution in [0.15, 0.2) is 41.5 Å². The lowest BCUT2D eigenvalue weighted by atomic mass is 9.91. The molecule has 2 heterocycles. The van der Waals surface area contributed by atoms with Gasteiger partial charge < -0.3 is 15.8 Å². The Morgan fingerprint density at radius 1 is 1.39 bits per heavy atom. The lowest BCUT2D eigenvalue weighted by Gasteiger charge is -2.31. The maximum atomic E-state index is 14.4. The number of amidine groups is 1. The summed E-state index contributed by atoms with van der Waals surface area (Å²) in [6, 6.07) is 8.48. The predicted molar refractivity (Wildman–Crippen MR) is 101 cm³/mol. The normalized spacial score (nSPS) is 18.4. The molecule has 3 rings (SSSR count). The largest absolute Gasteiger partial charge is 0.385 e. The number of hydrogen-bond donors (Lipinski definition) is 2. The van der Waals surface area contributed by atoms with Crippen LogP contribution in [0.25, 0.3) is 0 Å². The Bertz CT molecular complexity index is 946. The zero-order valence-electron chi connectivity index (χ0n) is 14.5. The smallest absolute Gasteiger partial charge is 0.274 e. The molecule has 1 aliphatic heterocycles. The lowest BCUT2D eigenvalue weighted by Crippen LogP contribution is -2.42. The van der Waals surface area contributed by atoms with E-state index in [1.54, 1.807) is 0 Å². The predicted octanol–water partition coefficient (Wildman–Crippen LogP) is 2.32. The summed E-state index contributed by atoms with van der Waals surface area (Å²) in [6.07, 6.45) is 1.26. The summed E-state index contributed by atoms with van der Waals surface area (Å²) in [5.41, 5.74) is 4.58. The number of nitriles is 1. The minimum atomic E-state index is -1.60. The van der Waals surface area contributed by atoms with Crippen molar-refractivity contribution in [2.45, 2.75) is 5.54 Å². The molecule has 1 unspecified atom stereocenters. The van der Waals surface area contributed by atoms with Crippen molar-refractivity contribution < 1.29 is 18.3 Å². The lowest BCUT2D eigenvalue weighted by molar-refractivity contribution is 0.0809. The first-order valence-electron chi connectivity index (χ1n) is 7.93. The van der Waals surface area contributed by atoms with E-state index in [9.17, 15) is 13.6 Å². The Morgan fingerprint density at radius 3 is 2.79 bits per heavy atom. The van der Waals surface area contributed by atoms with E-state index in [0.717, 1.165) is 6.07 Å². The summed E-state index contributed by atoms with van der Waals surface area (Å²) in [7, 11) is 0. The molecular formula is C18H16ClF2N5O2. The van der Waals surface area contributed by atoms with Crippen molar-refractivity contribution in [2.24, 2.45) is 10.7 Å². The summed E-state index contributed by atoms with van der Waals surface area (Å²) in [5, 5.41) is 11.3. The van der Waals surface area contributed by atoms with Crippen LogP contribution in [-0.2, 0) is 10.3 Å². The number of halogens is 3. The van der Waals surface area contributed by atoms with Gasteiger partial charge in [0.2, 0.25) is 0 Å². The molecule has 1 aromatic heterocycles. The molecule has 2 aromatic rings. The van der Waals surface area contributed by atoms with Gasteiger partial charge in [0, 0.05) is 17.4 Å². The number of nitrogens with zero attached hydrogens (tertiary/aromatic N) is 3. The second-order valence-corrected chi connectivity index (χ2v) is 5.95. The monoisotopic (exact) mass is 407 g/mol. The van der Waals surface area contributed by atoms with E-state index in [0.29, 0.717) is 5.56 Å². The quantitative estimate of drug-likeness (QED) is 0.807. The number of nitrogens with two attached hydrogens (primary N) is 1. The summed E-state index contributed by atoms with van der Waals surface area (Å²) in [6.45, 7) is -1.14. The van der Waals surface area contributed by atoms with Crippen molar-refractivity contribution in [3.8, 4) is 6.07 Å². The average molecular weight is 408 g/mol. The highest BCUT2D eigenvalue weighted by atomic mass is 35.5. The zero-order valence-corrected chi connectivity index (χ0v) is 15.3.